The van der Waals surface area contributed by atoms with Crippen LogP contribution in [0.4, 0.5) is 0 Å². The Morgan fingerprint density at radius 1 is 1.27 bits per heavy atom. The van der Waals surface area contributed by atoms with Gasteiger partial charge < -0.3 is 10.1 Å². The number of nitrogens with zero attached hydrogens (tertiary/aromatic N) is 1. The fraction of sp³-hybridized carbons (Fsp3) is 0.438. The lowest BCUT2D eigenvalue weighted by molar-refractivity contribution is -0.116. The lowest BCUT2D eigenvalue weighted by Gasteiger charge is -2.26. The molecule has 0 saturated carbocycles. The number of nitrogens with one attached hydrogen (secondary N) is 1. The number of carbonyl (C=O) groups is 1. The Hall–Kier alpha value is -1.07. The summed E-state index contributed by atoms with van der Waals surface area (Å²) in [4.78, 5) is 14.1. The van der Waals surface area contributed by atoms with Gasteiger partial charge in [-0.25, -0.2) is 0 Å². The molecule has 1 fully saturated rings. The highest BCUT2D eigenvalue weighted by molar-refractivity contribution is 6.37. The van der Waals surface area contributed by atoms with Crippen LogP contribution in [-0.4, -0.2) is 50.2 Å². The van der Waals surface area contributed by atoms with E-state index in [4.69, 9.17) is 27.9 Å². The molecule has 2 rings (SSSR count). The van der Waals surface area contributed by atoms with Crippen molar-refractivity contribution < 1.29 is 9.53 Å². The minimum absolute atomic E-state index is 0.141. The van der Waals surface area contributed by atoms with Gasteiger partial charge in [-0.05, 0) is 31.2 Å². The van der Waals surface area contributed by atoms with Gasteiger partial charge in [0.15, 0.2) is 0 Å². The monoisotopic (exact) mass is 342 g/mol. The molecule has 1 N–H and O–H groups in total. The van der Waals surface area contributed by atoms with Crippen LogP contribution in [0.25, 0.3) is 6.08 Å². The summed E-state index contributed by atoms with van der Waals surface area (Å²) in [6.45, 7) is 5.17. The topological polar surface area (TPSA) is 41.6 Å². The fourth-order valence-corrected chi connectivity index (χ4v) is 2.75. The number of hydrogen-bond donors (Lipinski definition) is 1. The number of halogens is 2. The lowest BCUT2D eigenvalue weighted by Crippen LogP contribution is -2.38. The summed E-state index contributed by atoms with van der Waals surface area (Å²) in [5, 5.41) is 3.92. The first kappa shape index (κ1) is 17.3. The maximum Gasteiger partial charge on any atom is 0.244 e. The summed E-state index contributed by atoms with van der Waals surface area (Å²) in [5.74, 6) is -0.141. The maximum absolute atomic E-state index is 11.8. The molecule has 4 nitrogen and oxygen atoms in total. The molecule has 6 heteroatoms. The Morgan fingerprint density at radius 3 is 2.64 bits per heavy atom. The van der Waals surface area contributed by atoms with Crippen molar-refractivity contribution in [3.05, 3.63) is 39.9 Å². The number of ether oxygens (including phenoxy) is 1. The summed E-state index contributed by atoms with van der Waals surface area (Å²) in [6, 6.07) is 5.26. The van der Waals surface area contributed by atoms with Crippen molar-refractivity contribution in [2.75, 3.05) is 39.4 Å². The average Bonchev–Trinajstić information content (AvgIpc) is 2.52. The summed E-state index contributed by atoms with van der Waals surface area (Å²) in [5.41, 5.74) is 0.661. The number of amides is 1. The molecule has 1 aliphatic heterocycles. The zero-order valence-corrected chi connectivity index (χ0v) is 13.9. The molecule has 0 aliphatic carbocycles. The first-order valence-corrected chi connectivity index (χ1v) is 8.12. The van der Waals surface area contributed by atoms with E-state index in [0.717, 1.165) is 39.3 Å². The van der Waals surface area contributed by atoms with E-state index in [0.29, 0.717) is 22.2 Å². The Kier molecular flexibility index (Phi) is 7.19. The average molecular weight is 343 g/mol. The van der Waals surface area contributed by atoms with Crippen LogP contribution in [0.3, 0.4) is 0 Å². The summed E-state index contributed by atoms with van der Waals surface area (Å²) in [7, 11) is 0. The Labute approximate surface area is 141 Å². The molecule has 0 spiro atoms. The fourth-order valence-electron chi connectivity index (χ4n) is 2.23. The quantitative estimate of drug-likeness (QED) is 0.638. The van der Waals surface area contributed by atoms with E-state index in [2.05, 4.69) is 10.2 Å². The van der Waals surface area contributed by atoms with Crippen molar-refractivity contribution >= 4 is 35.2 Å². The third-order valence-electron chi connectivity index (χ3n) is 3.46. The van der Waals surface area contributed by atoms with E-state index < -0.39 is 0 Å². The van der Waals surface area contributed by atoms with Crippen molar-refractivity contribution in [1.82, 2.24) is 10.2 Å². The van der Waals surface area contributed by atoms with Crippen LogP contribution in [0.15, 0.2) is 24.3 Å². The summed E-state index contributed by atoms with van der Waals surface area (Å²) in [6.07, 6.45) is 4.02. The molecule has 120 valence electrons. The van der Waals surface area contributed by atoms with Crippen LogP contribution < -0.4 is 5.32 Å². The molecular formula is C16H20Cl2N2O2. The molecule has 0 bridgehead atoms. The molecule has 0 atom stereocenters. The van der Waals surface area contributed by atoms with E-state index >= 15 is 0 Å². The molecule has 0 unspecified atom stereocenters. The van der Waals surface area contributed by atoms with E-state index in [9.17, 15) is 4.79 Å². The third-order valence-corrected chi connectivity index (χ3v) is 4.11. The largest absolute Gasteiger partial charge is 0.379 e. The van der Waals surface area contributed by atoms with Crippen LogP contribution in [0.2, 0.25) is 10.0 Å². The van der Waals surface area contributed by atoms with Crippen molar-refractivity contribution in [1.29, 1.82) is 0 Å². The van der Waals surface area contributed by atoms with Crippen LogP contribution in [-0.2, 0) is 9.53 Å². The molecular weight excluding hydrogens is 323 g/mol. The van der Waals surface area contributed by atoms with Gasteiger partial charge >= 0.3 is 0 Å². The minimum atomic E-state index is -0.141. The van der Waals surface area contributed by atoms with Gasteiger partial charge in [-0.1, -0.05) is 29.3 Å². The van der Waals surface area contributed by atoms with Gasteiger partial charge in [-0.3, -0.25) is 9.69 Å². The minimum Gasteiger partial charge on any atom is -0.379 e. The molecule has 1 amide bonds. The van der Waals surface area contributed by atoms with Gasteiger partial charge in [0.1, 0.15) is 0 Å². The highest BCUT2D eigenvalue weighted by atomic mass is 35.5. The van der Waals surface area contributed by atoms with E-state index in [1.54, 1.807) is 24.3 Å². The lowest BCUT2D eigenvalue weighted by atomic mass is 10.2. The van der Waals surface area contributed by atoms with E-state index in [1.165, 1.54) is 6.08 Å². The van der Waals surface area contributed by atoms with Gasteiger partial charge in [0.2, 0.25) is 5.91 Å². The van der Waals surface area contributed by atoms with Gasteiger partial charge in [0, 0.05) is 41.3 Å². The highest BCUT2D eigenvalue weighted by Gasteiger charge is 2.09. The number of morpholine rings is 1. The maximum atomic E-state index is 11.8. The molecule has 22 heavy (non-hydrogen) atoms. The molecule has 1 heterocycles. The number of benzene rings is 1. The standard InChI is InChI=1S/C16H20Cl2N2O2/c17-14-3-1-4-15(18)13(14)5-6-16(21)19-7-2-8-20-9-11-22-12-10-20/h1,3-6H,2,7-12H2,(H,19,21). The van der Waals surface area contributed by atoms with Crippen molar-refractivity contribution in [3.63, 3.8) is 0 Å². The predicted octanol–water partition coefficient (Wildman–Crippen LogP) is 2.85. The zero-order valence-electron chi connectivity index (χ0n) is 12.4. The second-order valence-corrected chi connectivity index (χ2v) is 5.88. The Balaban J connectivity index is 1.70. The van der Waals surface area contributed by atoms with Crippen molar-refractivity contribution in [2.45, 2.75) is 6.42 Å². The van der Waals surface area contributed by atoms with Gasteiger partial charge in [0.25, 0.3) is 0 Å². The number of carbonyl (C=O) groups excluding carboxylic acids is 1. The van der Waals surface area contributed by atoms with E-state index in [-0.39, 0.29) is 5.91 Å². The normalized spacial score (nSPS) is 16.1. The second-order valence-electron chi connectivity index (χ2n) is 5.07. The van der Waals surface area contributed by atoms with Gasteiger partial charge in [-0.2, -0.15) is 0 Å². The number of rotatable bonds is 6. The predicted molar refractivity (Wildman–Crippen MR) is 90.4 cm³/mol. The summed E-state index contributed by atoms with van der Waals surface area (Å²) >= 11 is 12.1. The molecule has 1 aliphatic rings. The van der Waals surface area contributed by atoms with Gasteiger partial charge in [-0.15, -0.1) is 0 Å². The molecule has 0 aromatic heterocycles. The van der Waals surface area contributed by atoms with Crippen LogP contribution in [0.1, 0.15) is 12.0 Å². The highest BCUT2D eigenvalue weighted by Crippen LogP contribution is 2.25. The van der Waals surface area contributed by atoms with Crippen LogP contribution in [0, 0.1) is 0 Å². The molecule has 1 aromatic rings. The molecule has 1 aromatic carbocycles. The zero-order chi connectivity index (χ0) is 15.8. The Morgan fingerprint density at radius 2 is 1.95 bits per heavy atom. The third kappa shape index (κ3) is 5.61. The van der Waals surface area contributed by atoms with Gasteiger partial charge in [0.05, 0.1) is 13.2 Å². The van der Waals surface area contributed by atoms with Crippen LogP contribution in [0.5, 0.6) is 0 Å². The number of hydrogen-bond acceptors (Lipinski definition) is 3. The second kappa shape index (κ2) is 9.16. The Bertz CT molecular complexity index is 509. The van der Waals surface area contributed by atoms with Crippen molar-refractivity contribution in [3.8, 4) is 0 Å². The molecule has 1 saturated heterocycles. The smallest absolute Gasteiger partial charge is 0.244 e. The first-order chi connectivity index (χ1) is 10.7. The first-order valence-electron chi connectivity index (χ1n) is 7.37. The van der Waals surface area contributed by atoms with E-state index in [1.807, 2.05) is 0 Å². The SMILES string of the molecule is O=C(C=Cc1c(Cl)cccc1Cl)NCCCN1CCOCC1. The molecule has 0 radical (unpaired) electrons. The van der Waals surface area contributed by atoms with Crippen LogP contribution >= 0.6 is 23.2 Å². The summed E-state index contributed by atoms with van der Waals surface area (Å²) < 4.78 is 5.30. The van der Waals surface area contributed by atoms with Crippen molar-refractivity contribution in [2.24, 2.45) is 0 Å².